The van der Waals surface area contributed by atoms with E-state index in [0.29, 0.717) is 25.0 Å². The van der Waals surface area contributed by atoms with Crippen LogP contribution in [0.2, 0.25) is 0 Å². The van der Waals surface area contributed by atoms with Crippen molar-refractivity contribution in [3.63, 3.8) is 0 Å². The monoisotopic (exact) mass is 472 g/mol. The third kappa shape index (κ3) is 5.46. The van der Waals surface area contributed by atoms with Gasteiger partial charge >= 0.3 is 0 Å². The lowest BCUT2D eigenvalue weighted by molar-refractivity contribution is 0.462. The summed E-state index contributed by atoms with van der Waals surface area (Å²) in [4.78, 5) is 9.00. The summed E-state index contributed by atoms with van der Waals surface area (Å²) >= 11 is 0. The van der Waals surface area contributed by atoms with Crippen LogP contribution in [0.4, 0.5) is 0 Å². The Morgan fingerprint density at radius 3 is 2.73 bits per heavy atom. The second kappa shape index (κ2) is 9.94. The van der Waals surface area contributed by atoms with Gasteiger partial charge in [0, 0.05) is 12.7 Å². The van der Waals surface area contributed by atoms with E-state index in [1.165, 1.54) is 25.7 Å². The van der Waals surface area contributed by atoms with Crippen molar-refractivity contribution in [1.29, 1.82) is 0 Å². The van der Waals surface area contributed by atoms with Crippen molar-refractivity contribution in [2.75, 3.05) is 6.54 Å². The molecule has 0 radical (unpaired) electrons. The number of nitrogens with one attached hydrogen (secondary N) is 2. The van der Waals surface area contributed by atoms with Crippen molar-refractivity contribution < 1.29 is 4.42 Å². The molecule has 1 aliphatic rings. The largest absolute Gasteiger partial charge is 0.444 e. The lowest BCUT2D eigenvalue weighted by Gasteiger charge is -2.10. The zero-order chi connectivity index (χ0) is 17.6. The fourth-order valence-corrected chi connectivity index (χ4v) is 3.11. The van der Waals surface area contributed by atoms with Crippen LogP contribution in [-0.2, 0) is 13.1 Å². The summed E-state index contributed by atoms with van der Waals surface area (Å²) in [6.07, 6.45) is 7.19. The Balaban J connectivity index is 0.00000243. The molecule has 1 fully saturated rings. The maximum Gasteiger partial charge on any atom is 0.214 e. The van der Waals surface area contributed by atoms with Crippen LogP contribution in [0.25, 0.3) is 0 Å². The predicted molar refractivity (Wildman–Crippen MR) is 113 cm³/mol. The number of guanidine groups is 1. The van der Waals surface area contributed by atoms with Crippen molar-refractivity contribution in [2.24, 2.45) is 4.99 Å². The summed E-state index contributed by atoms with van der Waals surface area (Å²) in [5.41, 5.74) is 1.92. The molecule has 0 atom stereocenters. The van der Waals surface area contributed by atoms with Crippen LogP contribution in [0.15, 0.2) is 21.7 Å². The molecule has 0 saturated heterocycles. The van der Waals surface area contributed by atoms with Gasteiger partial charge in [-0.15, -0.1) is 24.0 Å². The summed E-state index contributed by atoms with van der Waals surface area (Å²) in [6, 6.07) is 2.63. The molecule has 2 N–H and O–H groups in total. The number of aliphatic imine (C=N–C) groups is 1. The number of nitrogens with zero attached hydrogens (tertiary/aromatic N) is 4. The molecule has 26 heavy (non-hydrogen) atoms. The van der Waals surface area contributed by atoms with Crippen LogP contribution in [0.3, 0.4) is 0 Å². The number of hydrogen-bond acceptors (Lipinski definition) is 4. The van der Waals surface area contributed by atoms with E-state index in [0.717, 1.165) is 29.7 Å². The highest BCUT2D eigenvalue weighted by atomic mass is 127. The van der Waals surface area contributed by atoms with Crippen molar-refractivity contribution in [3.05, 3.63) is 35.3 Å². The first-order chi connectivity index (χ1) is 12.2. The average Bonchev–Trinajstić information content (AvgIpc) is 3.32. The summed E-state index contributed by atoms with van der Waals surface area (Å²) in [7, 11) is 0. The third-order valence-electron chi connectivity index (χ3n) is 4.59. The normalized spacial score (nSPS) is 15.1. The van der Waals surface area contributed by atoms with E-state index in [1.54, 1.807) is 0 Å². The molecule has 1 aliphatic carbocycles. The highest BCUT2D eigenvalue weighted by Crippen LogP contribution is 2.28. The molecular formula is C18H29IN6O. The first kappa shape index (κ1) is 20.7. The van der Waals surface area contributed by atoms with E-state index in [9.17, 15) is 0 Å². The van der Waals surface area contributed by atoms with E-state index >= 15 is 0 Å². The summed E-state index contributed by atoms with van der Waals surface area (Å²) < 4.78 is 7.70. The Bertz CT molecular complexity index is 698. The molecule has 0 aliphatic heterocycles. The first-order valence-electron chi connectivity index (χ1n) is 9.15. The molecule has 3 rings (SSSR count). The average molecular weight is 472 g/mol. The number of aryl methyl sites for hydroxylation is 2. The second-order valence-electron chi connectivity index (χ2n) is 6.52. The van der Waals surface area contributed by atoms with Gasteiger partial charge in [-0.05, 0) is 39.7 Å². The van der Waals surface area contributed by atoms with Gasteiger partial charge in [-0.25, -0.2) is 9.98 Å². The van der Waals surface area contributed by atoms with Gasteiger partial charge < -0.3 is 15.1 Å². The van der Waals surface area contributed by atoms with Crippen LogP contribution < -0.4 is 10.6 Å². The van der Waals surface area contributed by atoms with Crippen molar-refractivity contribution in [3.8, 4) is 0 Å². The summed E-state index contributed by atoms with van der Waals surface area (Å²) in [6.45, 7) is 7.78. The minimum Gasteiger partial charge on any atom is -0.444 e. The molecule has 0 unspecified atom stereocenters. The molecule has 144 valence electrons. The Morgan fingerprint density at radius 1 is 1.31 bits per heavy atom. The molecule has 0 spiro atoms. The lowest BCUT2D eigenvalue weighted by Crippen LogP contribution is -2.36. The molecule has 2 aromatic rings. The van der Waals surface area contributed by atoms with Gasteiger partial charge in [0.05, 0.1) is 30.5 Å². The number of rotatable bonds is 6. The van der Waals surface area contributed by atoms with E-state index in [-0.39, 0.29) is 24.0 Å². The molecule has 0 amide bonds. The zero-order valence-corrected chi connectivity index (χ0v) is 18.1. The van der Waals surface area contributed by atoms with Gasteiger partial charge in [-0.2, -0.15) is 5.10 Å². The van der Waals surface area contributed by atoms with Gasteiger partial charge in [0.15, 0.2) is 5.96 Å². The molecule has 2 aromatic heterocycles. The molecule has 7 nitrogen and oxygen atoms in total. The first-order valence-corrected chi connectivity index (χ1v) is 9.15. The van der Waals surface area contributed by atoms with Gasteiger partial charge in [0.2, 0.25) is 5.89 Å². The molecule has 1 saturated carbocycles. The Labute approximate surface area is 172 Å². The molecular weight excluding hydrogens is 443 g/mol. The number of hydrogen-bond donors (Lipinski definition) is 2. The second-order valence-corrected chi connectivity index (χ2v) is 6.52. The van der Waals surface area contributed by atoms with Gasteiger partial charge in [0.25, 0.3) is 0 Å². The molecule has 2 heterocycles. The van der Waals surface area contributed by atoms with Crippen molar-refractivity contribution >= 4 is 29.9 Å². The quantitative estimate of drug-likeness (QED) is 0.383. The van der Waals surface area contributed by atoms with E-state index in [4.69, 9.17) is 4.42 Å². The Hall–Kier alpha value is -1.58. The topological polar surface area (TPSA) is 80.3 Å². The number of halogens is 1. The minimum absolute atomic E-state index is 0. The highest BCUT2D eigenvalue weighted by Gasteiger charge is 2.17. The standard InChI is InChI=1S/C18H28N6O.HI/c1-4-19-18(21-12-17-22-13(2)14(3)25-17)20-11-15-9-10-24(23-15)16-7-5-6-8-16;/h9-10,16H,4-8,11-12H2,1-3H3,(H2,19,20,21);1H. The zero-order valence-electron chi connectivity index (χ0n) is 15.8. The van der Waals surface area contributed by atoms with Crippen LogP contribution in [0, 0.1) is 13.8 Å². The van der Waals surface area contributed by atoms with E-state index in [1.807, 2.05) is 20.8 Å². The lowest BCUT2D eigenvalue weighted by atomic mass is 10.3. The van der Waals surface area contributed by atoms with Crippen molar-refractivity contribution in [2.45, 2.75) is 65.6 Å². The molecule has 0 bridgehead atoms. The summed E-state index contributed by atoms with van der Waals surface area (Å²) in [5.74, 6) is 2.27. The third-order valence-corrected chi connectivity index (χ3v) is 4.59. The number of oxazole rings is 1. The molecule has 8 heteroatoms. The predicted octanol–water partition coefficient (Wildman–Crippen LogP) is 3.48. The fraction of sp³-hybridized carbons (Fsp3) is 0.611. The van der Waals surface area contributed by atoms with Crippen LogP contribution in [-0.4, -0.2) is 27.3 Å². The van der Waals surface area contributed by atoms with Crippen LogP contribution in [0.5, 0.6) is 0 Å². The minimum atomic E-state index is 0. The van der Waals surface area contributed by atoms with Gasteiger partial charge in [-0.1, -0.05) is 12.8 Å². The van der Waals surface area contributed by atoms with Crippen LogP contribution in [0.1, 0.15) is 61.7 Å². The Kier molecular flexibility index (Phi) is 7.92. The van der Waals surface area contributed by atoms with Gasteiger partial charge in [-0.3, -0.25) is 4.68 Å². The molecule has 0 aromatic carbocycles. The Morgan fingerprint density at radius 2 is 2.08 bits per heavy atom. The number of aromatic nitrogens is 3. The van der Waals surface area contributed by atoms with Crippen molar-refractivity contribution in [1.82, 2.24) is 25.4 Å². The highest BCUT2D eigenvalue weighted by molar-refractivity contribution is 14.0. The maximum atomic E-state index is 5.59. The SMILES string of the molecule is CCNC(=NCc1ccn(C2CCCC2)n1)NCc1nc(C)c(C)o1.I. The smallest absolute Gasteiger partial charge is 0.214 e. The summed E-state index contributed by atoms with van der Waals surface area (Å²) in [5, 5.41) is 11.2. The van der Waals surface area contributed by atoms with E-state index < -0.39 is 0 Å². The van der Waals surface area contributed by atoms with Gasteiger partial charge in [0.1, 0.15) is 5.76 Å². The fourth-order valence-electron chi connectivity index (χ4n) is 3.11. The van der Waals surface area contributed by atoms with E-state index in [2.05, 4.69) is 42.7 Å². The van der Waals surface area contributed by atoms with Crippen LogP contribution >= 0.6 is 24.0 Å². The maximum absolute atomic E-state index is 5.59.